The predicted octanol–water partition coefficient (Wildman–Crippen LogP) is 2.55. The second-order valence-corrected chi connectivity index (χ2v) is 9.68. The maximum atomic E-state index is 13.4. The van der Waals surface area contributed by atoms with Crippen molar-refractivity contribution >= 4 is 23.9 Å². The molecule has 0 bridgehead atoms. The van der Waals surface area contributed by atoms with Crippen molar-refractivity contribution in [3.8, 4) is 0 Å². The number of carboxylic acids is 1. The van der Waals surface area contributed by atoms with Crippen LogP contribution < -0.4 is 5.32 Å². The van der Waals surface area contributed by atoms with Crippen molar-refractivity contribution in [1.29, 1.82) is 0 Å². The van der Waals surface area contributed by atoms with E-state index in [0.717, 1.165) is 37.0 Å². The minimum absolute atomic E-state index is 0.0763. The number of carbonyl (C=O) groups excluding carboxylic acids is 3. The summed E-state index contributed by atoms with van der Waals surface area (Å²) in [5.74, 6) is -2.01. The lowest BCUT2D eigenvalue weighted by atomic mass is 9.83. The zero-order valence-electron chi connectivity index (χ0n) is 19.6. The van der Waals surface area contributed by atoms with Crippen LogP contribution in [0.3, 0.4) is 0 Å². The van der Waals surface area contributed by atoms with Crippen molar-refractivity contribution in [2.45, 2.75) is 89.4 Å². The summed E-state index contributed by atoms with van der Waals surface area (Å²) in [6.07, 6.45) is 6.22. The Bertz CT molecular complexity index is 726. The number of ether oxygens (including phenoxy) is 1. The van der Waals surface area contributed by atoms with Gasteiger partial charge in [0.05, 0.1) is 0 Å². The lowest BCUT2D eigenvalue weighted by molar-refractivity contribution is -0.150. The minimum atomic E-state index is -1.03. The first-order chi connectivity index (χ1) is 15.0. The number of amides is 3. The predicted molar refractivity (Wildman–Crippen MR) is 119 cm³/mol. The third-order valence-electron chi connectivity index (χ3n) is 6.10. The first kappa shape index (κ1) is 25.7. The smallest absolute Gasteiger partial charge is 0.410 e. The van der Waals surface area contributed by atoms with Crippen LogP contribution in [0.15, 0.2) is 12.7 Å². The van der Waals surface area contributed by atoms with Gasteiger partial charge >= 0.3 is 12.1 Å². The number of hydrogen-bond donors (Lipinski definition) is 2. The van der Waals surface area contributed by atoms with Crippen LogP contribution in [0.1, 0.15) is 65.7 Å². The quantitative estimate of drug-likeness (QED) is 0.575. The highest BCUT2D eigenvalue weighted by Crippen LogP contribution is 2.29. The molecule has 3 atom stereocenters. The van der Waals surface area contributed by atoms with Crippen molar-refractivity contribution in [3.63, 3.8) is 0 Å². The number of nitrogens with one attached hydrogen (secondary N) is 1. The summed E-state index contributed by atoms with van der Waals surface area (Å²) in [6.45, 7) is 9.23. The van der Waals surface area contributed by atoms with Crippen LogP contribution in [0.25, 0.3) is 0 Å². The monoisotopic (exact) mass is 451 g/mol. The van der Waals surface area contributed by atoms with Gasteiger partial charge in [0.1, 0.15) is 23.7 Å². The molecule has 1 heterocycles. The van der Waals surface area contributed by atoms with E-state index in [1.807, 2.05) is 0 Å². The van der Waals surface area contributed by atoms with Crippen molar-refractivity contribution in [2.24, 2.45) is 5.92 Å². The Labute approximate surface area is 190 Å². The molecule has 1 saturated heterocycles. The molecule has 180 valence electrons. The summed E-state index contributed by atoms with van der Waals surface area (Å²) in [5.41, 5.74) is -0.726. The molecule has 0 aromatic heterocycles. The third-order valence-corrected chi connectivity index (χ3v) is 6.10. The van der Waals surface area contributed by atoms with E-state index in [1.165, 1.54) is 18.0 Å². The molecule has 32 heavy (non-hydrogen) atoms. The lowest BCUT2D eigenvalue weighted by Gasteiger charge is -2.35. The summed E-state index contributed by atoms with van der Waals surface area (Å²) >= 11 is 0. The minimum Gasteiger partial charge on any atom is -0.480 e. The molecule has 2 aliphatic rings. The van der Waals surface area contributed by atoms with Crippen molar-refractivity contribution in [1.82, 2.24) is 15.1 Å². The number of nitrogens with zero attached hydrogens (tertiary/aromatic N) is 2. The fourth-order valence-electron chi connectivity index (χ4n) is 4.44. The van der Waals surface area contributed by atoms with E-state index in [0.29, 0.717) is 19.4 Å². The lowest BCUT2D eigenvalue weighted by Crippen LogP contribution is -2.58. The van der Waals surface area contributed by atoms with E-state index in [2.05, 4.69) is 11.9 Å². The van der Waals surface area contributed by atoms with Gasteiger partial charge in [0.2, 0.25) is 11.8 Å². The van der Waals surface area contributed by atoms with Crippen molar-refractivity contribution in [3.05, 3.63) is 12.7 Å². The number of likely N-dealkylation sites (N-methyl/N-ethyl adjacent to an activating group) is 1. The zero-order valence-corrected chi connectivity index (χ0v) is 19.6. The molecule has 9 nitrogen and oxygen atoms in total. The molecule has 0 aromatic rings. The number of aliphatic carboxylic acids is 1. The van der Waals surface area contributed by atoms with Gasteiger partial charge in [0.15, 0.2) is 0 Å². The number of carboxylic acid groups (broad SMARTS) is 1. The molecule has 1 saturated carbocycles. The SMILES string of the molecule is C=C[C@@H](C(=O)N[C@H](C(=O)N1CCC[C@H]1C(=O)O)C1CCCCC1)N(C)C(=O)OC(C)(C)C. The molecule has 2 N–H and O–H groups in total. The van der Waals surface area contributed by atoms with E-state index >= 15 is 0 Å². The molecule has 1 aliphatic heterocycles. The van der Waals surface area contributed by atoms with E-state index < -0.39 is 41.7 Å². The summed E-state index contributed by atoms with van der Waals surface area (Å²) in [5, 5.41) is 12.3. The fourth-order valence-corrected chi connectivity index (χ4v) is 4.44. The first-order valence-corrected chi connectivity index (χ1v) is 11.4. The maximum Gasteiger partial charge on any atom is 0.410 e. The van der Waals surface area contributed by atoms with Crippen LogP contribution in [-0.4, -0.2) is 76.1 Å². The Morgan fingerprint density at radius 1 is 1.12 bits per heavy atom. The number of carbonyl (C=O) groups is 4. The largest absolute Gasteiger partial charge is 0.480 e. The summed E-state index contributed by atoms with van der Waals surface area (Å²) in [4.78, 5) is 53.2. The van der Waals surface area contributed by atoms with Crippen LogP contribution in [0.4, 0.5) is 4.79 Å². The standard InChI is InChI=1S/C23H37N3O6/c1-6-16(25(5)22(31)32-23(2,3)4)19(27)24-18(15-11-8-7-9-12-15)20(28)26-14-10-13-17(26)21(29)30/h6,15-18H,1,7-14H2,2-5H3,(H,24,27)(H,29,30)/t16-,17-,18-/m0/s1. The Morgan fingerprint density at radius 3 is 2.28 bits per heavy atom. The molecule has 1 aliphatic carbocycles. The van der Waals surface area contributed by atoms with Crippen molar-refractivity contribution < 1.29 is 29.0 Å². The average Bonchev–Trinajstić information content (AvgIpc) is 3.21. The van der Waals surface area contributed by atoms with Crippen LogP contribution in [0.5, 0.6) is 0 Å². The molecule has 2 rings (SSSR count). The normalized spacial score (nSPS) is 21.4. The second kappa shape index (κ2) is 10.8. The second-order valence-electron chi connectivity index (χ2n) is 9.68. The topological polar surface area (TPSA) is 116 Å². The van der Waals surface area contributed by atoms with Gasteiger partial charge in [-0.15, -0.1) is 6.58 Å². The van der Waals surface area contributed by atoms with E-state index in [4.69, 9.17) is 4.74 Å². The summed E-state index contributed by atoms with van der Waals surface area (Å²) in [7, 11) is 1.44. The van der Waals surface area contributed by atoms with Gasteiger partial charge in [-0.3, -0.25) is 14.5 Å². The number of rotatable bonds is 7. The maximum absolute atomic E-state index is 13.4. The molecular formula is C23H37N3O6. The van der Waals surface area contributed by atoms with Crippen LogP contribution in [0.2, 0.25) is 0 Å². The molecule has 2 fully saturated rings. The Hall–Kier alpha value is -2.58. The van der Waals surface area contributed by atoms with Gasteiger partial charge in [-0.05, 0) is 52.4 Å². The summed E-state index contributed by atoms with van der Waals surface area (Å²) in [6, 6.07) is -2.74. The number of hydrogen-bond acceptors (Lipinski definition) is 5. The molecule has 9 heteroatoms. The molecule has 0 radical (unpaired) electrons. The van der Waals surface area contributed by atoms with Crippen molar-refractivity contribution in [2.75, 3.05) is 13.6 Å². The van der Waals surface area contributed by atoms with E-state index in [1.54, 1.807) is 20.8 Å². The third kappa shape index (κ3) is 6.46. The highest BCUT2D eigenvalue weighted by molar-refractivity contribution is 5.94. The molecule has 0 aromatic carbocycles. The molecule has 3 amide bonds. The first-order valence-electron chi connectivity index (χ1n) is 11.4. The fraction of sp³-hybridized carbons (Fsp3) is 0.739. The molecular weight excluding hydrogens is 414 g/mol. The van der Waals surface area contributed by atoms with Gasteiger partial charge in [-0.1, -0.05) is 25.3 Å². The van der Waals surface area contributed by atoms with Gasteiger partial charge in [0.25, 0.3) is 0 Å². The van der Waals surface area contributed by atoms with E-state index in [-0.39, 0.29) is 11.8 Å². The van der Waals surface area contributed by atoms with Gasteiger partial charge in [-0.2, -0.15) is 0 Å². The Morgan fingerprint density at radius 2 is 1.75 bits per heavy atom. The zero-order chi connectivity index (χ0) is 24.1. The highest BCUT2D eigenvalue weighted by Gasteiger charge is 2.41. The van der Waals surface area contributed by atoms with Gasteiger partial charge < -0.3 is 20.1 Å². The van der Waals surface area contributed by atoms with Gasteiger partial charge in [0, 0.05) is 13.6 Å². The molecule has 0 unspecified atom stereocenters. The highest BCUT2D eigenvalue weighted by atomic mass is 16.6. The van der Waals surface area contributed by atoms with Crippen LogP contribution in [-0.2, 0) is 19.1 Å². The van der Waals surface area contributed by atoms with E-state index in [9.17, 15) is 24.3 Å². The number of likely N-dealkylation sites (tertiary alicyclic amines) is 1. The van der Waals surface area contributed by atoms with Crippen LogP contribution >= 0.6 is 0 Å². The van der Waals surface area contributed by atoms with Crippen LogP contribution in [0, 0.1) is 5.92 Å². The molecule has 0 spiro atoms. The Kier molecular flexibility index (Phi) is 8.69. The average molecular weight is 452 g/mol. The Balaban J connectivity index is 2.21. The summed E-state index contributed by atoms with van der Waals surface area (Å²) < 4.78 is 5.34. The van der Waals surface area contributed by atoms with Gasteiger partial charge in [-0.25, -0.2) is 9.59 Å².